The Bertz CT molecular complexity index is 345. The molecule has 0 bridgehead atoms. The van der Waals surface area contributed by atoms with Gasteiger partial charge in [-0.25, -0.2) is 0 Å². The lowest BCUT2D eigenvalue weighted by Crippen LogP contribution is -2.32. The second kappa shape index (κ2) is 11.0. The van der Waals surface area contributed by atoms with Crippen LogP contribution < -0.4 is 10.1 Å². The number of ether oxygens (including phenoxy) is 1. The van der Waals surface area contributed by atoms with Crippen LogP contribution in [-0.2, 0) is 0 Å². The van der Waals surface area contributed by atoms with Gasteiger partial charge in [0.2, 0.25) is 0 Å². The molecule has 0 aromatic heterocycles. The van der Waals surface area contributed by atoms with Crippen molar-refractivity contribution in [1.82, 2.24) is 5.32 Å². The Hall–Kier alpha value is -0.750. The van der Waals surface area contributed by atoms with Gasteiger partial charge in [0, 0.05) is 25.4 Å². The number of benzene rings is 1. The van der Waals surface area contributed by atoms with Crippen molar-refractivity contribution >= 4 is 11.8 Å². The van der Waals surface area contributed by atoms with Gasteiger partial charge in [0.25, 0.3) is 0 Å². The molecule has 4 nitrogen and oxygen atoms in total. The molecule has 0 saturated heterocycles. The Morgan fingerprint density at radius 2 is 2.00 bits per heavy atom. The molecule has 0 saturated carbocycles. The second-order valence-electron chi connectivity index (χ2n) is 4.67. The number of hydrogen-bond donors (Lipinski definition) is 3. The zero-order chi connectivity index (χ0) is 14.6. The summed E-state index contributed by atoms with van der Waals surface area (Å²) >= 11 is 1.81. The first kappa shape index (κ1) is 17.3. The minimum atomic E-state index is -0.501. The lowest BCUT2D eigenvalue weighted by molar-refractivity contribution is 0.107. The number of hydrogen-bond acceptors (Lipinski definition) is 5. The molecule has 0 spiro atoms. The maximum Gasteiger partial charge on any atom is 0.119 e. The van der Waals surface area contributed by atoms with Crippen LogP contribution in [0.1, 0.15) is 12.0 Å². The molecule has 0 aliphatic heterocycles. The quantitative estimate of drug-likeness (QED) is 0.540. The van der Waals surface area contributed by atoms with Crippen molar-refractivity contribution in [2.45, 2.75) is 19.4 Å². The number of aliphatic hydroxyl groups excluding tert-OH is 2. The Balaban J connectivity index is 2.00. The van der Waals surface area contributed by atoms with Crippen molar-refractivity contribution in [3.05, 3.63) is 29.8 Å². The fraction of sp³-hybridized carbons (Fsp3) is 0.600. The lowest BCUT2D eigenvalue weighted by Gasteiger charge is -2.13. The van der Waals surface area contributed by atoms with Crippen LogP contribution in [0, 0.1) is 6.92 Å². The first-order valence-electron chi connectivity index (χ1n) is 6.99. The van der Waals surface area contributed by atoms with E-state index in [9.17, 15) is 5.11 Å². The van der Waals surface area contributed by atoms with Crippen LogP contribution >= 0.6 is 11.8 Å². The standard InChI is InChI=1S/C15H25NO3S/c1-13-3-5-15(6-4-13)19-12-14(18)11-16-7-10-20-9-2-8-17/h3-6,14,16-18H,2,7-12H2,1H3. The van der Waals surface area contributed by atoms with E-state index in [0.29, 0.717) is 13.2 Å². The molecule has 1 unspecified atom stereocenters. The third kappa shape index (κ3) is 8.43. The molecule has 0 radical (unpaired) electrons. The predicted molar refractivity (Wildman–Crippen MR) is 84.6 cm³/mol. The maximum atomic E-state index is 9.78. The van der Waals surface area contributed by atoms with E-state index in [-0.39, 0.29) is 6.61 Å². The van der Waals surface area contributed by atoms with Crippen LogP contribution in [0.15, 0.2) is 24.3 Å². The van der Waals surface area contributed by atoms with Crippen LogP contribution in [0.3, 0.4) is 0 Å². The molecule has 20 heavy (non-hydrogen) atoms. The van der Waals surface area contributed by atoms with Crippen molar-refractivity contribution in [3.8, 4) is 5.75 Å². The highest BCUT2D eigenvalue weighted by molar-refractivity contribution is 7.99. The number of thioether (sulfide) groups is 1. The van der Waals surface area contributed by atoms with Crippen molar-refractivity contribution in [2.75, 3.05) is 37.8 Å². The molecule has 1 rings (SSSR count). The molecule has 0 aliphatic rings. The van der Waals surface area contributed by atoms with Crippen molar-refractivity contribution < 1.29 is 14.9 Å². The summed E-state index contributed by atoms with van der Waals surface area (Å²) in [5.74, 6) is 2.76. The summed E-state index contributed by atoms with van der Waals surface area (Å²) in [6, 6.07) is 7.80. The molecular formula is C15H25NO3S. The van der Waals surface area contributed by atoms with E-state index in [4.69, 9.17) is 9.84 Å². The monoisotopic (exact) mass is 299 g/mol. The number of nitrogens with one attached hydrogen (secondary N) is 1. The van der Waals surface area contributed by atoms with Gasteiger partial charge in [0.15, 0.2) is 0 Å². The van der Waals surface area contributed by atoms with Gasteiger partial charge in [-0.3, -0.25) is 0 Å². The summed E-state index contributed by atoms with van der Waals surface area (Å²) < 4.78 is 5.51. The molecule has 1 aromatic rings. The summed E-state index contributed by atoms with van der Waals surface area (Å²) in [5.41, 5.74) is 1.19. The van der Waals surface area contributed by atoms with Crippen LogP contribution in [0.2, 0.25) is 0 Å². The highest BCUT2D eigenvalue weighted by Crippen LogP contribution is 2.11. The normalized spacial score (nSPS) is 12.3. The van der Waals surface area contributed by atoms with Crippen molar-refractivity contribution in [2.24, 2.45) is 0 Å². The highest BCUT2D eigenvalue weighted by Gasteiger charge is 2.04. The van der Waals surface area contributed by atoms with Crippen molar-refractivity contribution in [1.29, 1.82) is 0 Å². The zero-order valence-electron chi connectivity index (χ0n) is 12.0. The first-order chi connectivity index (χ1) is 9.72. The van der Waals surface area contributed by atoms with Crippen molar-refractivity contribution in [3.63, 3.8) is 0 Å². The van der Waals surface area contributed by atoms with E-state index in [1.807, 2.05) is 31.2 Å². The van der Waals surface area contributed by atoms with E-state index in [1.165, 1.54) is 5.56 Å². The smallest absolute Gasteiger partial charge is 0.119 e. The fourth-order valence-electron chi connectivity index (χ4n) is 1.57. The molecular weight excluding hydrogens is 274 g/mol. The fourth-order valence-corrected chi connectivity index (χ4v) is 2.39. The van der Waals surface area contributed by atoms with Gasteiger partial charge in [-0.15, -0.1) is 0 Å². The van der Waals surface area contributed by atoms with Gasteiger partial charge in [-0.2, -0.15) is 11.8 Å². The Morgan fingerprint density at radius 1 is 1.25 bits per heavy atom. The summed E-state index contributed by atoms with van der Waals surface area (Å²) in [7, 11) is 0. The number of aryl methyl sites for hydroxylation is 1. The molecule has 0 aliphatic carbocycles. The summed E-state index contributed by atoms with van der Waals surface area (Å²) in [6.45, 7) is 3.98. The molecule has 1 aromatic carbocycles. The SMILES string of the molecule is Cc1ccc(OCC(O)CNCCSCCCO)cc1. The average Bonchev–Trinajstić information content (AvgIpc) is 2.46. The Labute approximate surface area is 125 Å². The van der Waals surface area contributed by atoms with Gasteiger partial charge in [-0.1, -0.05) is 17.7 Å². The maximum absolute atomic E-state index is 9.78. The summed E-state index contributed by atoms with van der Waals surface area (Å²) in [6.07, 6.45) is 0.344. The van der Waals surface area contributed by atoms with E-state index < -0.39 is 6.10 Å². The third-order valence-electron chi connectivity index (χ3n) is 2.71. The van der Waals surface area contributed by atoms with E-state index >= 15 is 0 Å². The van der Waals surface area contributed by atoms with E-state index in [1.54, 1.807) is 11.8 Å². The summed E-state index contributed by atoms with van der Waals surface area (Å²) in [5, 5.41) is 21.6. The van der Waals surface area contributed by atoms with Gasteiger partial charge in [-0.05, 0) is 31.2 Å². The predicted octanol–water partition coefficient (Wildman–Crippen LogP) is 1.44. The first-order valence-corrected chi connectivity index (χ1v) is 8.14. The molecule has 114 valence electrons. The van der Waals surface area contributed by atoms with Gasteiger partial charge in [0.1, 0.15) is 18.5 Å². The van der Waals surface area contributed by atoms with E-state index in [0.717, 1.165) is 30.2 Å². The Kier molecular flexibility index (Phi) is 9.49. The molecule has 5 heteroatoms. The van der Waals surface area contributed by atoms with E-state index in [2.05, 4.69) is 5.32 Å². The van der Waals surface area contributed by atoms with Gasteiger partial charge < -0.3 is 20.3 Å². The Morgan fingerprint density at radius 3 is 2.70 bits per heavy atom. The minimum absolute atomic E-state index is 0.259. The van der Waals surface area contributed by atoms with Gasteiger partial charge >= 0.3 is 0 Å². The number of rotatable bonds is 11. The summed E-state index contributed by atoms with van der Waals surface area (Å²) in [4.78, 5) is 0. The minimum Gasteiger partial charge on any atom is -0.491 e. The largest absolute Gasteiger partial charge is 0.491 e. The zero-order valence-corrected chi connectivity index (χ0v) is 12.9. The van der Waals surface area contributed by atoms with Crippen LogP contribution in [0.25, 0.3) is 0 Å². The van der Waals surface area contributed by atoms with Gasteiger partial charge in [0.05, 0.1) is 0 Å². The molecule has 0 amide bonds. The molecule has 0 heterocycles. The van der Waals surface area contributed by atoms with Crippen LogP contribution in [0.5, 0.6) is 5.75 Å². The molecule has 1 atom stereocenters. The van der Waals surface area contributed by atoms with Crippen LogP contribution in [-0.4, -0.2) is 54.1 Å². The molecule has 3 N–H and O–H groups in total. The third-order valence-corrected chi connectivity index (χ3v) is 3.78. The average molecular weight is 299 g/mol. The number of aliphatic hydroxyl groups is 2. The lowest BCUT2D eigenvalue weighted by atomic mass is 10.2. The molecule has 0 fully saturated rings. The van der Waals surface area contributed by atoms with Crippen LogP contribution in [0.4, 0.5) is 0 Å². The highest BCUT2D eigenvalue weighted by atomic mass is 32.2. The topological polar surface area (TPSA) is 61.7 Å². The second-order valence-corrected chi connectivity index (χ2v) is 5.90.